The molecule has 0 aromatic rings. The van der Waals surface area contributed by atoms with Crippen LogP contribution in [0.3, 0.4) is 0 Å². The lowest BCUT2D eigenvalue weighted by Gasteiger charge is -2.38. The predicted octanol–water partition coefficient (Wildman–Crippen LogP) is 4.59. The topological polar surface area (TPSA) is 54.0 Å². The first kappa shape index (κ1) is 26.9. The molecule has 2 heterocycles. The van der Waals surface area contributed by atoms with Crippen molar-refractivity contribution in [3.05, 3.63) is 0 Å². The molecule has 2 aliphatic heterocycles. The molecule has 5 nitrogen and oxygen atoms in total. The van der Waals surface area contributed by atoms with E-state index in [1.807, 2.05) is 0 Å². The molecule has 0 spiro atoms. The summed E-state index contributed by atoms with van der Waals surface area (Å²) in [4.78, 5) is 11.8. The van der Waals surface area contributed by atoms with Gasteiger partial charge in [0.05, 0.1) is 0 Å². The number of rotatable bonds is 8. The highest BCUT2D eigenvalue weighted by molar-refractivity contribution is 5.94. The molecule has 2 aliphatic rings. The zero-order chi connectivity index (χ0) is 24.8. The van der Waals surface area contributed by atoms with Crippen molar-refractivity contribution in [2.45, 2.75) is 74.2 Å². The number of carbonyl (C=O) groups excluding carboxylic acids is 1. The molecule has 17 heteroatoms. The maximum absolute atomic E-state index is 14.5. The first-order chi connectivity index (χ1) is 14.3. The van der Waals surface area contributed by atoms with Crippen LogP contribution in [0.25, 0.3) is 0 Å². The van der Waals surface area contributed by atoms with Gasteiger partial charge in [-0.3, -0.25) is 14.3 Å². The average molecular weight is 502 g/mol. The maximum Gasteiger partial charge on any atom is 0.456 e. The van der Waals surface area contributed by atoms with E-state index >= 15 is 0 Å². The van der Waals surface area contributed by atoms with Gasteiger partial charge in [-0.25, -0.2) is 0 Å². The summed E-state index contributed by atoms with van der Waals surface area (Å²) in [6.07, 6.45) is -32.3. The largest absolute Gasteiger partial charge is 0.456 e. The summed E-state index contributed by atoms with van der Waals surface area (Å²) in [5.74, 6) is -18.1. The average Bonchev–Trinajstić information content (AvgIpc) is 3.31. The number of ketones is 1. The molecule has 2 fully saturated rings. The number of halogens is 12. The molecule has 2 saturated heterocycles. The van der Waals surface area contributed by atoms with Gasteiger partial charge in [0.15, 0.2) is 0 Å². The van der Waals surface area contributed by atoms with Crippen molar-refractivity contribution in [2.75, 3.05) is 13.2 Å². The van der Waals surface area contributed by atoms with E-state index in [2.05, 4.69) is 18.9 Å². The molecule has 0 N–H and O–H groups in total. The molecular formula is C15H14F12O5. The number of carbonyl (C=O) groups is 1. The monoisotopic (exact) mass is 502 g/mol. The highest BCUT2D eigenvalue weighted by Gasteiger charge is 2.80. The van der Waals surface area contributed by atoms with E-state index in [0.29, 0.717) is 0 Å². The minimum Gasteiger partial charge on any atom is -0.369 e. The Hall–Kier alpha value is -1.33. The number of hydrogen-bond acceptors (Lipinski definition) is 5. The summed E-state index contributed by atoms with van der Waals surface area (Å²) < 4.78 is 177. The zero-order valence-electron chi connectivity index (χ0n) is 15.5. The Morgan fingerprint density at radius 2 is 0.938 bits per heavy atom. The van der Waals surface area contributed by atoms with Crippen LogP contribution in [0.4, 0.5) is 52.7 Å². The Labute approximate surface area is 170 Å². The number of alkyl halides is 12. The minimum atomic E-state index is -7.09. The number of Topliss-reactive ketones (excluding diaryl/α,β-unsaturated/α-hetero) is 1. The second kappa shape index (κ2) is 8.47. The Morgan fingerprint density at radius 1 is 0.625 bits per heavy atom. The molecule has 0 aromatic carbocycles. The molecule has 0 aromatic heterocycles. The maximum atomic E-state index is 14.5. The van der Waals surface area contributed by atoms with Crippen LogP contribution in [0, 0.1) is 0 Å². The standard InChI is InChI=1S/C15H14F12O5/c16-10(14(22,23)24,31-12(18,19)7-3-1-5-29-7)9(28)11(17,15(25,26)27)32-13(20,21)8-4-2-6-30-8/h7-8H,1-6H2. The van der Waals surface area contributed by atoms with E-state index < -0.39 is 80.3 Å². The first-order valence-electron chi connectivity index (χ1n) is 8.73. The normalized spacial score (nSPS) is 27.2. The van der Waals surface area contributed by atoms with Gasteiger partial charge in [-0.2, -0.15) is 52.7 Å². The third-order valence-electron chi connectivity index (χ3n) is 4.48. The van der Waals surface area contributed by atoms with Gasteiger partial charge in [-0.05, 0) is 25.7 Å². The van der Waals surface area contributed by atoms with Crippen molar-refractivity contribution in [3.8, 4) is 0 Å². The second-order valence-electron chi connectivity index (χ2n) is 6.85. The van der Waals surface area contributed by atoms with Gasteiger partial charge in [-0.1, -0.05) is 0 Å². The van der Waals surface area contributed by atoms with Crippen LogP contribution in [0.2, 0.25) is 0 Å². The molecule has 4 atom stereocenters. The van der Waals surface area contributed by atoms with Crippen LogP contribution in [0.15, 0.2) is 0 Å². The van der Waals surface area contributed by atoms with Crippen LogP contribution in [-0.4, -0.2) is 67.5 Å². The molecule has 32 heavy (non-hydrogen) atoms. The van der Waals surface area contributed by atoms with Crippen LogP contribution in [0.1, 0.15) is 25.7 Å². The lowest BCUT2D eigenvalue weighted by molar-refractivity contribution is -0.439. The SMILES string of the molecule is O=C(C(F)(OC(F)(F)C1CCCO1)C(F)(F)F)C(F)(OC(F)(F)C1CCCO1)C(F)(F)F. The van der Waals surface area contributed by atoms with Gasteiger partial charge in [-0.15, -0.1) is 0 Å². The van der Waals surface area contributed by atoms with Crippen molar-refractivity contribution < 1.29 is 76.4 Å². The predicted molar refractivity (Wildman–Crippen MR) is 74.8 cm³/mol. The van der Waals surface area contributed by atoms with Crippen molar-refractivity contribution in [1.82, 2.24) is 0 Å². The number of ether oxygens (including phenoxy) is 4. The lowest BCUT2D eigenvalue weighted by atomic mass is 10.0. The fourth-order valence-corrected chi connectivity index (χ4v) is 2.86. The zero-order valence-corrected chi connectivity index (χ0v) is 15.5. The van der Waals surface area contributed by atoms with E-state index in [4.69, 9.17) is 0 Å². The van der Waals surface area contributed by atoms with E-state index in [-0.39, 0.29) is 12.8 Å². The van der Waals surface area contributed by atoms with E-state index in [1.54, 1.807) is 0 Å². The van der Waals surface area contributed by atoms with Crippen LogP contribution in [-0.2, 0) is 23.7 Å². The molecular weight excluding hydrogens is 488 g/mol. The summed E-state index contributed by atoms with van der Waals surface area (Å²) >= 11 is 0. The fraction of sp³-hybridized carbons (Fsp3) is 0.933. The van der Waals surface area contributed by atoms with Crippen molar-refractivity contribution in [1.29, 1.82) is 0 Å². The Kier molecular flexibility index (Phi) is 7.12. The van der Waals surface area contributed by atoms with Crippen LogP contribution < -0.4 is 0 Å². The third kappa shape index (κ3) is 4.94. The van der Waals surface area contributed by atoms with Crippen molar-refractivity contribution >= 4 is 5.78 Å². The molecule has 0 saturated carbocycles. The Morgan fingerprint density at radius 3 is 1.16 bits per heavy atom. The Bertz CT molecular complexity index is 627. The Balaban J connectivity index is 2.49. The van der Waals surface area contributed by atoms with E-state index in [0.717, 1.165) is 0 Å². The lowest BCUT2D eigenvalue weighted by Crippen LogP contribution is -2.67. The number of hydrogen-bond donors (Lipinski definition) is 0. The van der Waals surface area contributed by atoms with Gasteiger partial charge in [0.25, 0.3) is 5.78 Å². The van der Waals surface area contributed by atoms with Crippen LogP contribution >= 0.6 is 0 Å². The minimum absolute atomic E-state index is 0.213. The first-order valence-corrected chi connectivity index (χ1v) is 8.73. The van der Waals surface area contributed by atoms with E-state index in [1.165, 1.54) is 0 Å². The van der Waals surface area contributed by atoms with Crippen LogP contribution in [0.5, 0.6) is 0 Å². The third-order valence-corrected chi connectivity index (χ3v) is 4.48. The van der Waals surface area contributed by atoms with E-state index in [9.17, 15) is 57.5 Å². The van der Waals surface area contributed by atoms with Gasteiger partial charge >= 0.3 is 36.3 Å². The van der Waals surface area contributed by atoms with Crippen molar-refractivity contribution in [2.24, 2.45) is 0 Å². The molecule has 0 amide bonds. The molecule has 2 rings (SSSR count). The smallest absolute Gasteiger partial charge is 0.369 e. The van der Waals surface area contributed by atoms with Gasteiger partial charge in [0.1, 0.15) is 12.2 Å². The molecule has 0 radical (unpaired) electrons. The highest BCUT2D eigenvalue weighted by atomic mass is 19.4. The second-order valence-corrected chi connectivity index (χ2v) is 6.85. The highest BCUT2D eigenvalue weighted by Crippen LogP contribution is 2.50. The summed E-state index contributed by atoms with van der Waals surface area (Å²) in [7, 11) is 0. The summed E-state index contributed by atoms with van der Waals surface area (Å²) in [5, 5.41) is 0. The summed E-state index contributed by atoms with van der Waals surface area (Å²) in [6.45, 7) is -0.982. The fourth-order valence-electron chi connectivity index (χ4n) is 2.86. The molecule has 188 valence electrons. The quantitative estimate of drug-likeness (QED) is 0.455. The summed E-state index contributed by atoms with van der Waals surface area (Å²) in [6, 6.07) is 0. The van der Waals surface area contributed by atoms with Gasteiger partial charge in [0, 0.05) is 13.2 Å². The molecule has 0 bridgehead atoms. The van der Waals surface area contributed by atoms with Gasteiger partial charge < -0.3 is 9.47 Å². The van der Waals surface area contributed by atoms with Crippen molar-refractivity contribution in [3.63, 3.8) is 0 Å². The van der Waals surface area contributed by atoms with Gasteiger partial charge in [0.2, 0.25) is 0 Å². The summed E-state index contributed by atoms with van der Waals surface area (Å²) in [5.41, 5.74) is 0. The molecule has 4 unspecified atom stereocenters. The molecule has 0 aliphatic carbocycles.